The number of aromatic amines is 1. The SMILES string of the molecule is Cn1cc(NC(=O)c2cc3cc(NC(=O)c4cc5cc(NC=O)ccc5[nH]4)ccc3s2)cc1C(=O)CCC(=N)N. The number of hydrogen-bond acceptors (Lipinski definition) is 6. The summed E-state index contributed by atoms with van der Waals surface area (Å²) in [4.78, 5) is 52.5. The van der Waals surface area contributed by atoms with Crippen LogP contribution in [0, 0.1) is 5.41 Å². The van der Waals surface area contributed by atoms with Crippen molar-refractivity contribution in [3.05, 3.63) is 77.1 Å². The molecule has 40 heavy (non-hydrogen) atoms. The molecule has 0 atom stereocenters. The molecule has 0 unspecified atom stereocenters. The first-order valence-electron chi connectivity index (χ1n) is 12.2. The fourth-order valence-corrected chi connectivity index (χ4v) is 5.26. The normalized spacial score (nSPS) is 10.9. The summed E-state index contributed by atoms with van der Waals surface area (Å²) in [6, 6.07) is 15.7. The zero-order chi connectivity index (χ0) is 28.4. The van der Waals surface area contributed by atoms with E-state index in [9.17, 15) is 19.2 Å². The van der Waals surface area contributed by atoms with Gasteiger partial charge in [-0.3, -0.25) is 24.6 Å². The number of carbonyl (C=O) groups excluding carboxylic acids is 4. The van der Waals surface area contributed by atoms with Gasteiger partial charge in [-0.15, -0.1) is 11.3 Å². The van der Waals surface area contributed by atoms with Crippen LogP contribution in [-0.4, -0.2) is 39.4 Å². The van der Waals surface area contributed by atoms with Gasteiger partial charge < -0.3 is 31.2 Å². The number of hydrogen-bond donors (Lipinski definition) is 6. The second-order valence-corrected chi connectivity index (χ2v) is 10.3. The van der Waals surface area contributed by atoms with Crippen molar-refractivity contribution < 1.29 is 19.2 Å². The smallest absolute Gasteiger partial charge is 0.272 e. The summed E-state index contributed by atoms with van der Waals surface area (Å²) in [6.07, 6.45) is 2.55. The molecule has 0 fully saturated rings. The highest BCUT2D eigenvalue weighted by molar-refractivity contribution is 7.20. The summed E-state index contributed by atoms with van der Waals surface area (Å²) >= 11 is 1.31. The molecule has 2 aromatic carbocycles. The minimum absolute atomic E-state index is 0.0512. The van der Waals surface area contributed by atoms with Crippen molar-refractivity contribution in [1.82, 2.24) is 9.55 Å². The average Bonchev–Trinajstić information content (AvgIpc) is 3.63. The molecule has 0 aliphatic carbocycles. The molecular formula is C28H25N7O4S. The highest BCUT2D eigenvalue weighted by Gasteiger charge is 2.17. The van der Waals surface area contributed by atoms with E-state index in [1.807, 2.05) is 6.07 Å². The quantitative estimate of drug-likeness (QED) is 0.0633. The average molecular weight is 556 g/mol. The van der Waals surface area contributed by atoms with Gasteiger partial charge in [0.1, 0.15) is 5.69 Å². The second kappa shape index (κ2) is 10.9. The number of benzene rings is 2. The fourth-order valence-electron chi connectivity index (χ4n) is 4.32. The molecule has 5 rings (SSSR count). The number of thiophene rings is 1. The number of amides is 3. The minimum Gasteiger partial charge on any atom is -0.388 e. The predicted molar refractivity (Wildman–Crippen MR) is 157 cm³/mol. The number of anilines is 3. The van der Waals surface area contributed by atoms with E-state index in [2.05, 4.69) is 20.9 Å². The molecule has 11 nitrogen and oxygen atoms in total. The van der Waals surface area contributed by atoms with Crippen LogP contribution < -0.4 is 21.7 Å². The Morgan fingerprint density at radius 2 is 1.70 bits per heavy atom. The number of Topliss-reactive ketones (excluding diaryl/α,β-unsaturated/α-hetero) is 1. The van der Waals surface area contributed by atoms with Gasteiger partial charge in [0.05, 0.1) is 22.1 Å². The Hall–Kier alpha value is -5.23. The third-order valence-corrected chi connectivity index (χ3v) is 7.37. The number of fused-ring (bicyclic) bond motifs is 2. The zero-order valence-corrected chi connectivity index (χ0v) is 22.1. The first kappa shape index (κ1) is 26.4. The van der Waals surface area contributed by atoms with Crippen LogP contribution >= 0.6 is 11.3 Å². The van der Waals surface area contributed by atoms with Crippen LogP contribution in [0.5, 0.6) is 0 Å². The molecule has 0 saturated carbocycles. The van der Waals surface area contributed by atoms with Gasteiger partial charge in [0.15, 0.2) is 5.78 Å². The summed E-state index contributed by atoms with van der Waals surface area (Å²) in [5, 5.41) is 17.2. The van der Waals surface area contributed by atoms with Crippen molar-refractivity contribution >= 4 is 79.2 Å². The molecule has 0 radical (unpaired) electrons. The van der Waals surface area contributed by atoms with Gasteiger partial charge in [0.2, 0.25) is 6.41 Å². The van der Waals surface area contributed by atoms with Crippen LogP contribution in [0.2, 0.25) is 0 Å². The van der Waals surface area contributed by atoms with Crippen LogP contribution in [0.25, 0.3) is 21.0 Å². The Kier molecular flexibility index (Phi) is 7.17. The fraction of sp³-hybridized carbons (Fsp3) is 0.107. The number of rotatable bonds is 10. The van der Waals surface area contributed by atoms with Gasteiger partial charge >= 0.3 is 0 Å². The van der Waals surface area contributed by atoms with Gasteiger partial charge in [-0.05, 0) is 60.0 Å². The number of nitrogens with two attached hydrogens (primary N) is 1. The summed E-state index contributed by atoms with van der Waals surface area (Å²) in [5.41, 5.74) is 8.57. The Morgan fingerprint density at radius 1 is 0.950 bits per heavy atom. The molecule has 0 spiro atoms. The van der Waals surface area contributed by atoms with E-state index in [0.29, 0.717) is 39.7 Å². The Balaban J connectivity index is 1.27. The van der Waals surface area contributed by atoms with E-state index in [4.69, 9.17) is 11.1 Å². The Morgan fingerprint density at radius 3 is 2.48 bits per heavy atom. The van der Waals surface area contributed by atoms with Crippen molar-refractivity contribution in [3.63, 3.8) is 0 Å². The van der Waals surface area contributed by atoms with Crippen LogP contribution in [0.15, 0.2) is 60.8 Å². The van der Waals surface area contributed by atoms with Crippen LogP contribution in [0.4, 0.5) is 17.1 Å². The lowest BCUT2D eigenvalue weighted by molar-refractivity contribution is -0.105. The molecule has 3 aromatic heterocycles. The molecule has 3 amide bonds. The predicted octanol–water partition coefficient (Wildman–Crippen LogP) is 4.69. The summed E-state index contributed by atoms with van der Waals surface area (Å²) in [6.45, 7) is 0. The van der Waals surface area contributed by atoms with Gasteiger partial charge in [0.25, 0.3) is 11.8 Å². The number of nitrogens with one attached hydrogen (secondary N) is 5. The van der Waals surface area contributed by atoms with Gasteiger partial charge in [-0.25, -0.2) is 0 Å². The van der Waals surface area contributed by atoms with E-state index in [0.717, 1.165) is 21.0 Å². The number of amidine groups is 1. The Labute approximate surface area is 231 Å². The number of ketones is 1. The highest BCUT2D eigenvalue weighted by atomic mass is 32.1. The van der Waals surface area contributed by atoms with E-state index in [1.54, 1.807) is 66.3 Å². The van der Waals surface area contributed by atoms with Gasteiger partial charge in [-0.2, -0.15) is 0 Å². The topological polar surface area (TPSA) is 175 Å². The molecule has 12 heteroatoms. The van der Waals surface area contributed by atoms with E-state index in [1.165, 1.54) is 11.3 Å². The zero-order valence-electron chi connectivity index (χ0n) is 21.3. The van der Waals surface area contributed by atoms with E-state index < -0.39 is 0 Å². The molecule has 0 bridgehead atoms. The van der Waals surface area contributed by atoms with Gasteiger partial charge in [-0.1, -0.05) is 0 Å². The maximum atomic E-state index is 12.9. The number of aryl methyl sites for hydroxylation is 1. The summed E-state index contributed by atoms with van der Waals surface area (Å²) < 4.78 is 2.50. The lowest BCUT2D eigenvalue weighted by Gasteiger charge is -2.03. The number of H-pyrrole nitrogens is 1. The highest BCUT2D eigenvalue weighted by Crippen LogP contribution is 2.29. The number of carbonyl (C=O) groups is 4. The standard InChI is InChI=1S/C28H25N7O4S/c1-35-13-19(12-22(35)23(37)5-7-26(29)30)33-28(39)25-11-16-9-18(3-6-24(16)40-25)32-27(38)21-10-15-8-17(31-14-36)2-4-20(15)34-21/h2-4,6,8-14,34H,5,7H2,1H3,(H3,29,30)(H,31,36)(H,32,38)(H,33,39). The minimum atomic E-state index is -0.327. The Bertz CT molecular complexity index is 1810. The van der Waals surface area contributed by atoms with Crippen LogP contribution in [-0.2, 0) is 11.8 Å². The van der Waals surface area contributed by atoms with Crippen molar-refractivity contribution in [2.45, 2.75) is 12.8 Å². The first-order chi connectivity index (χ1) is 19.2. The number of nitrogens with zero attached hydrogens (tertiary/aromatic N) is 1. The molecule has 0 aliphatic rings. The summed E-state index contributed by atoms with van der Waals surface area (Å²) in [5.74, 6) is -0.862. The number of aromatic nitrogens is 2. The van der Waals surface area contributed by atoms with Crippen molar-refractivity contribution in [3.8, 4) is 0 Å². The summed E-state index contributed by atoms with van der Waals surface area (Å²) in [7, 11) is 1.71. The molecule has 3 heterocycles. The monoisotopic (exact) mass is 555 g/mol. The maximum Gasteiger partial charge on any atom is 0.272 e. The molecular weight excluding hydrogens is 530 g/mol. The van der Waals surface area contributed by atoms with Crippen molar-refractivity contribution in [2.75, 3.05) is 16.0 Å². The maximum absolute atomic E-state index is 12.9. The van der Waals surface area contributed by atoms with Crippen LogP contribution in [0.1, 0.15) is 43.5 Å². The molecule has 0 saturated heterocycles. The molecule has 5 aromatic rings. The largest absolute Gasteiger partial charge is 0.388 e. The van der Waals surface area contributed by atoms with Crippen molar-refractivity contribution in [1.29, 1.82) is 5.41 Å². The lowest BCUT2D eigenvalue weighted by Crippen LogP contribution is -2.13. The molecule has 0 aliphatic heterocycles. The van der Waals surface area contributed by atoms with E-state index in [-0.39, 0.29) is 36.3 Å². The third kappa shape index (κ3) is 5.61. The van der Waals surface area contributed by atoms with Crippen molar-refractivity contribution in [2.24, 2.45) is 12.8 Å². The molecule has 202 valence electrons. The lowest BCUT2D eigenvalue weighted by atomic mass is 10.1. The van der Waals surface area contributed by atoms with Crippen LogP contribution in [0.3, 0.4) is 0 Å². The second-order valence-electron chi connectivity index (χ2n) is 9.19. The third-order valence-electron chi connectivity index (χ3n) is 6.26. The molecule has 7 N–H and O–H groups in total. The van der Waals surface area contributed by atoms with Gasteiger partial charge in [0, 0.05) is 53.1 Å². The van der Waals surface area contributed by atoms with E-state index >= 15 is 0 Å². The first-order valence-corrected chi connectivity index (χ1v) is 13.0.